The van der Waals surface area contributed by atoms with E-state index in [1.807, 2.05) is 13.8 Å². The minimum absolute atomic E-state index is 0.150. The zero-order valence-corrected chi connectivity index (χ0v) is 12.3. The molecule has 0 spiro atoms. The number of pyridine rings is 1. The second-order valence-electron chi connectivity index (χ2n) is 5.34. The summed E-state index contributed by atoms with van der Waals surface area (Å²) < 4.78 is 27.2. The standard InChI is InChI=1S/C13H18N4O2S/c1-9-7-17(8-10(2)16-9)20(18,19)12-6-15-13-11(12)4-3-5-14-13/h3-6,9-10,16H,7-8H2,1-2H3,(H,14,15)/t9-,10+. The molecule has 2 atom stereocenters. The monoisotopic (exact) mass is 294 g/mol. The summed E-state index contributed by atoms with van der Waals surface area (Å²) in [5, 5.41) is 3.98. The summed E-state index contributed by atoms with van der Waals surface area (Å²) in [6, 6.07) is 3.83. The molecule has 2 aromatic heterocycles. The van der Waals surface area contributed by atoms with Gasteiger partial charge in [-0.2, -0.15) is 4.31 Å². The van der Waals surface area contributed by atoms with Crippen LogP contribution in [0.3, 0.4) is 0 Å². The molecule has 0 radical (unpaired) electrons. The molecule has 0 saturated carbocycles. The van der Waals surface area contributed by atoms with E-state index < -0.39 is 10.0 Å². The molecule has 1 aliphatic rings. The van der Waals surface area contributed by atoms with Crippen LogP contribution in [0.4, 0.5) is 0 Å². The van der Waals surface area contributed by atoms with Gasteiger partial charge in [0.2, 0.25) is 10.0 Å². The van der Waals surface area contributed by atoms with Gasteiger partial charge in [-0.05, 0) is 26.0 Å². The Hall–Kier alpha value is -1.44. The first-order valence-corrected chi connectivity index (χ1v) is 8.11. The van der Waals surface area contributed by atoms with Gasteiger partial charge in [-0.15, -0.1) is 0 Å². The predicted molar refractivity (Wildman–Crippen MR) is 76.9 cm³/mol. The molecule has 0 aliphatic carbocycles. The van der Waals surface area contributed by atoms with E-state index in [2.05, 4.69) is 15.3 Å². The van der Waals surface area contributed by atoms with Crippen LogP contribution in [0, 0.1) is 0 Å². The Labute approximate surface area is 118 Å². The number of piperazine rings is 1. The molecule has 7 heteroatoms. The molecule has 20 heavy (non-hydrogen) atoms. The van der Waals surface area contributed by atoms with Gasteiger partial charge in [-0.1, -0.05) is 0 Å². The Bertz CT molecular complexity index is 715. The number of nitrogens with zero attached hydrogens (tertiary/aromatic N) is 2. The molecule has 3 heterocycles. The van der Waals surface area contributed by atoms with Crippen LogP contribution in [0.5, 0.6) is 0 Å². The van der Waals surface area contributed by atoms with Crippen LogP contribution in [0.25, 0.3) is 11.0 Å². The minimum atomic E-state index is -3.49. The molecule has 3 rings (SSSR count). The lowest BCUT2D eigenvalue weighted by Gasteiger charge is -2.35. The fourth-order valence-corrected chi connectivity index (χ4v) is 4.52. The van der Waals surface area contributed by atoms with Crippen molar-refractivity contribution in [2.75, 3.05) is 13.1 Å². The highest BCUT2D eigenvalue weighted by Crippen LogP contribution is 2.25. The number of nitrogens with one attached hydrogen (secondary N) is 2. The van der Waals surface area contributed by atoms with Crippen LogP contribution < -0.4 is 5.32 Å². The highest BCUT2D eigenvalue weighted by molar-refractivity contribution is 7.89. The number of hydrogen-bond acceptors (Lipinski definition) is 4. The van der Waals surface area contributed by atoms with E-state index in [1.165, 1.54) is 6.20 Å². The second-order valence-corrected chi connectivity index (χ2v) is 7.25. The van der Waals surface area contributed by atoms with Gasteiger partial charge in [0.15, 0.2) is 0 Å². The molecule has 108 valence electrons. The Morgan fingerprint density at radius 2 is 2.00 bits per heavy atom. The average Bonchev–Trinajstić information content (AvgIpc) is 2.82. The summed E-state index contributed by atoms with van der Waals surface area (Å²) in [5.74, 6) is 0. The molecule has 2 N–H and O–H groups in total. The molecule has 1 fully saturated rings. The van der Waals surface area contributed by atoms with E-state index in [9.17, 15) is 8.42 Å². The topological polar surface area (TPSA) is 78.1 Å². The zero-order chi connectivity index (χ0) is 14.3. The number of rotatable bonds is 2. The Kier molecular flexibility index (Phi) is 3.27. The van der Waals surface area contributed by atoms with Crippen LogP contribution in [0.2, 0.25) is 0 Å². The number of fused-ring (bicyclic) bond motifs is 1. The zero-order valence-electron chi connectivity index (χ0n) is 11.5. The van der Waals surface area contributed by atoms with Gasteiger partial charge in [0.25, 0.3) is 0 Å². The van der Waals surface area contributed by atoms with Crippen LogP contribution in [-0.2, 0) is 10.0 Å². The van der Waals surface area contributed by atoms with Gasteiger partial charge in [0.05, 0.1) is 0 Å². The summed E-state index contributed by atoms with van der Waals surface area (Å²) >= 11 is 0. The summed E-state index contributed by atoms with van der Waals surface area (Å²) in [4.78, 5) is 7.37. The molecule has 6 nitrogen and oxygen atoms in total. The number of aromatic nitrogens is 2. The van der Waals surface area contributed by atoms with E-state index in [4.69, 9.17) is 0 Å². The van der Waals surface area contributed by atoms with Crippen molar-refractivity contribution in [3.8, 4) is 0 Å². The van der Waals surface area contributed by atoms with E-state index in [0.29, 0.717) is 29.0 Å². The summed E-state index contributed by atoms with van der Waals surface area (Å²) in [6.45, 7) is 4.96. The highest BCUT2D eigenvalue weighted by atomic mass is 32.2. The van der Waals surface area contributed by atoms with Crippen molar-refractivity contribution in [1.82, 2.24) is 19.6 Å². The van der Waals surface area contributed by atoms with Crippen molar-refractivity contribution in [3.63, 3.8) is 0 Å². The van der Waals surface area contributed by atoms with E-state index in [-0.39, 0.29) is 12.1 Å². The van der Waals surface area contributed by atoms with Crippen molar-refractivity contribution < 1.29 is 8.42 Å². The first-order valence-electron chi connectivity index (χ1n) is 6.67. The van der Waals surface area contributed by atoms with Crippen molar-refractivity contribution in [1.29, 1.82) is 0 Å². The van der Waals surface area contributed by atoms with Crippen molar-refractivity contribution in [2.24, 2.45) is 0 Å². The number of sulfonamides is 1. The maximum Gasteiger partial charge on any atom is 0.245 e. The normalized spacial score (nSPS) is 25.1. The fourth-order valence-electron chi connectivity index (χ4n) is 2.76. The lowest BCUT2D eigenvalue weighted by atomic mass is 10.2. The smallest absolute Gasteiger partial charge is 0.245 e. The van der Waals surface area contributed by atoms with E-state index in [1.54, 1.807) is 22.6 Å². The van der Waals surface area contributed by atoms with Gasteiger partial charge < -0.3 is 10.3 Å². The third-order valence-electron chi connectivity index (χ3n) is 3.56. The van der Waals surface area contributed by atoms with Gasteiger partial charge in [-0.25, -0.2) is 13.4 Å². The molecular formula is C13H18N4O2S. The summed E-state index contributed by atoms with van der Waals surface area (Å²) in [7, 11) is -3.49. The third-order valence-corrected chi connectivity index (χ3v) is 5.43. The number of hydrogen-bond donors (Lipinski definition) is 2. The average molecular weight is 294 g/mol. The lowest BCUT2D eigenvalue weighted by molar-refractivity contribution is 0.263. The fraction of sp³-hybridized carbons (Fsp3) is 0.462. The van der Waals surface area contributed by atoms with Crippen LogP contribution in [-0.4, -0.2) is 47.9 Å². The maximum atomic E-state index is 12.8. The molecule has 1 aliphatic heterocycles. The molecule has 0 aromatic carbocycles. The van der Waals surface area contributed by atoms with Gasteiger partial charge in [0.1, 0.15) is 10.5 Å². The highest BCUT2D eigenvalue weighted by Gasteiger charge is 2.32. The Morgan fingerprint density at radius 3 is 2.70 bits per heavy atom. The molecule has 0 unspecified atom stereocenters. The molecule has 2 aromatic rings. The second kappa shape index (κ2) is 4.83. The Morgan fingerprint density at radius 1 is 1.30 bits per heavy atom. The summed E-state index contributed by atoms with van der Waals surface area (Å²) in [5.41, 5.74) is 0.599. The largest absolute Gasteiger partial charge is 0.345 e. The lowest BCUT2D eigenvalue weighted by Crippen LogP contribution is -2.55. The molecule has 0 amide bonds. The van der Waals surface area contributed by atoms with Gasteiger partial charge >= 0.3 is 0 Å². The molecule has 1 saturated heterocycles. The quantitative estimate of drug-likeness (QED) is 0.864. The van der Waals surface area contributed by atoms with Crippen LogP contribution in [0.1, 0.15) is 13.8 Å². The van der Waals surface area contributed by atoms with Crippen molar-refractivity contribution in [3.05, 3.63) is 24.5 Å². The number of aromatic amines is 1. The Balaban J connectivity index is 2.03. The van der Waals surface area contributed by atoms with Crippen molar-refractivity contribution >= 4 is 21.1 Å². The molecular weight excluding hydrogens is 276 g/mol. The van der Waals surface area contributed by atoms with Crippen LogP contribution >= 0.6 is 0 Å². The third kappa shape index (κ3) is 2.21. The van der Waals surface area contributed by atoms with Crippen LogP contribution in [0.15, 0.2) is 29.4 Å². The summed E-state index contributed by atoms with van der Waals surface area (Å²) in [6.07, 6.45) is 3.18. The first-order chi connectivity index (χ1) is 9.48. The first kappa shape index (κ1) is 13.5. The SMILES string of the molecule is C[C@@H]1CN(S(=O)(=O)c2c[nH]c3ncccc23)C[C@H](C)N1. The van der Waals surface area contributed by atoms with Crippen molar-refractivity contribution in [2.45, 2.75) is 30.8 Å². The van der Waals surface area contributed by atoms with Gasteiger partial charge in [0, 0.05) is 43.0 Å². The number of H-pyrrole nitrogens is 1. The molecule has 0 bridgehead atoms. The van der Waals surface area contributed by atoms with E-state index >= 15 is 0 Å². The van der Waals surface area contributed by atoms with Gasteiger partial charge in [-0.3, -0.25) is 0 Å². The minimum Gasteiger partial charge on any atom is -0.345 e. The predicted octanol–water partition coefficient (Wildman–Crippen LogP) is 0.934. The van der Waals surface area contributed by atoms with E-state index in [0.717, 1.165) is 0 Å². The maximum absolute atomic E-state index is 12.8.